The molecule has 5 rings (SSSR count). The van der Waals surface area contributed by atoms with E-state index in [1.165, 1.54) is 0 Å². The number of aromatic amines is 1. The first kappa shape index (κ1) is 22.5. The molecule has 2 heterocycles. The van der Waals surface area contributed by atoms with Gasteiger partial charge in [-0.15, -0.1) is 11.3 Å². The quantitative estimate of drug-likeness (QED) is 0.315. The Kier molecular flexibility index (Phi) is 6.11. The summed E-state index contributed by atoms with van der Waals surface area (Å²) >= 11 is 1.57. The van der Waals surface area contributed by atoms with E-state index >= 15 is 0 Å². The molecule has 35 heavy (non-hydrogen) atoms. The van der Waals surface area contributed by atoms with Crippen LogP contribution in [0, 0.1) is 5.92 Å². The summed E-state index contributed by atoms with van der Waals surface area (Å²) in [5.74, 6) is -0.670. The minimum absolute atomic E-state index is 0.0918. The number of benzene rings is 2. The van der Waals surface area contributed by atoms with Gasteiger partial charge < -0.3 is 16.0 Å². The molecule has 1 aliphatic carbocycles. The topological polar surface area (TPSA) is 133 Å². The van der Waals surface area contributed by atoms with Crippen LogP contribution in [0.4, 0.5) is 11.5 Å². The Morgan fingerprint density at radius 2 is 1.74 bits per heavy atom. The standard InChI is InChI=1S/C25H21N5O4S/c31-18-10-16(11-18)25(34)27-17-6-3-14(4-7-17)24(33)28-22-20-12-15(5-8-21(20)29-30-22)23(32)26-13-19-2-1-9-35-19/h1-9,12,16H,10-11,13H2,(H,26,32)(H,27,34)(H2,28,29,30,33). The lowest BCUT2D eigenvalue weighted by Gasteiger charge is -2.22. The van der Waals surface area contributed by atoms with Gasteiger partial charge in [0.05, 0.1) is 18.0 Å². The molecule has 0 saturated heterocycles. The first-order chi connectivity index (χ1) is 17.0. The van der Waals surface area contributed by atoms with Crippen LogP contribution in [0.15, 0.2) is 60.0 Å². The Morgan fingerprint density at radius 3 is 2.46 bits per heavy atom. The Labute approximate surface area is 203 Å². The van der Waals surface area contributed by atoms with Crippen molar-refractivity contribution in [3.8, 4) is 0 Å². The summed E-state index contributed by atoms with van der Waals surface area (Å²) in [5, 5.41) is 18.0. The van der Waals surface area contributed by atoms with Gasteiger partial charge in [0, 0.05) is 39.9 Å². The number of thiophene rings is 1. The molecule has 2 aromatic carbocycles. The number of ketones is 1. The highest BCUT2D eigenvalue weighted by atomic mass is 32.1. The second kappa shape index (κ2) is 9.51. The highest BCUT2D eigenvalue weighted by Gasteiger charge is 2.32. The van der Waals surface area contributed by atoms with Gasteiger partial charge in [-0.3, -0.25) is 24.3 Å². The maximum absolute atomic E-state index is 12.8. The minimum Gasteiger partial charge on any atom is -0.347 e. The van der Waals surface area contributed by atoms with Gasteiger partial charge in [0.15, 0.2) is 5.82 Å². The lowest BCUT2D eigenvalue weighted by atomic mass is 9.83. The third-order valence-electron chi connectivity index (χ3n) is 5.79. The number of amides is 3. The molecule has 10 heteroatoms. The van der Waals surface area contributed by atoms with Gasteiger partial charge in [-0.25, -0.2) is 0 Å². The second-order valence-corrected chi connectivity index (χ2v) is 9.29. The van der Waals surface area contributed by atoms with Gasteiger partial charge in [0.2, 0.25) is 5.91 Å². The molecular formula is C25H21N5O4S. The minimum atomic E-state index is -0.381. The molecule has 176 valence electrons. The van der Waals surface area contributed by atoms with Crippen LogP contribution in [0.5, 0.6) is 0 Å². The van der Waals surface area contributed by atoms with Crippen LogP contribution in [-0.4, -0.2) is 33.7 Å². The summed E-state index contributed by atoms with van der Waals surface area (Å²) < 4.78 is 0. The smallest absolute Gasteiger partial charge is 0.256 e. The molecule has 0 bridgehead atoms. The third kappa shape index (κ3) is 4.97. The van der Waals surface area contributed by atoms with E-state index in [2.05, 4.69) is 26.1 Å². The number of nitrogens with zero attached hydrogens (tertiary/aromatic N) is 1. The highest BCUT2D eigenvalue weighted by Crippen LogP contribution is 2.25. The fraction of sp³-hybridized carbons (Fsp3) is 0.160. The molecule has 0 spiro atoms. The van der Waals surface area contributed by atoms with E-state index < -0.39 is 0 Å². The average molecular weight is 488 g/mol. The number of aromatic nitrogens is 2. The molecule has 1 saturated carbocycles. The van der Waals surface area contributed by atoms with E-state index in [1.807, 2.05) is 17.5 Å². The van der Waals surface area contributed by atoms with E-state index in [-0.39, 0.29) is 42.3 Å². The van der Waals surface area contributed by atoms with Crippen molar-refractivity contribution >= 4 is 57.2 Å². The molecule has 3 amide bonds. The number of nitrogens with one attached hydrogen (secondary N) is 4. The number of carbonyl (C=O) groups is 4. The number of H-pyrrole nitrogens is 1. The molecule has 1 aliphatic rings. The number of fused-ring (bicyclic) bond motifs is 1. The summed E-state index contributed by atoms with van der Waals surface area (Å²) in [6, 6.07) is 15.5. The van der Waals surface area contributed by atoms with Gasteiger partial charge in [0.25, 0.3) is 11.8 Å². The van der Waals surface area contributed by atoms with Crippen molar-refractivity contribution in [2.75, 3.05) is 10.6 Å². The van der Waals surface area contributed by atoms with Crippen LogP contribution in [0.25, 0.3) is 10.9 Å². The molecule has 9 nitrogen and oxygen atoms in total. The summed E-state index contributed by atoms with van der Waals surface area (Å²) in [7, 11) is 0. The number of hydrogen-bond donors (Lipinski definition) is 4. The molecule has 0 aliphatic heterocycles. The van der Waals surface area contributed by atoms with Crippen molar-refractivity contribution in [3.05, 3.63) is 76.0 Å². The number of Topliss-reactive ketones (excluding diaryl/α,β-unsaturated/α-hetero) is 1. The van der Waals surface area contributed by atoms with Gasteiger partial charge in [0.1, 0.15) is 5.78 Å². The number of carbonyl (C=O) groups excluding carboxylic acids is 4. The Bertz CT molecular complexity index is 1420. The molecule has 0 radical (unpaired) electrons. The summed E-state index contributed by atoms with van der Waals surface area (Å²) in [6.07, 6.45) is 0.559. The number of hydrogen-bond acceptors (Lipinski definition) is 6. The molecule has 0 atom stereocenters. The summed E-state index contributed by atoms with van der Waals surface area (Å²) in [4.78, 5) is 49.6. The Morgan fingerprint density at radius 1 is 0.971 bits per heavy atom. The Balaban J connectivity index is 1.24. The zero-order valence-corrected chi connectivity index (χ0v) is 19.3. The molecule has 4 aromatic rings. The van der Waals surface area contributed by atoms with E-state index in [1.54, 1.807) is 53.8 Å². The SMILES string of the molecule is O=C1CC(C(=O)Nc2ccc(C(=O)Nc3n[nH]c4ccc(C(=O)NCc5cccs5)cc34)cc2)C1. The highest BCUT2D eigenvalue weighted by molar-refractivity contribution is 7.09. The zero-order chi connectivity index (χ0) is 24.4. The lowest BCUT2D eigenvalue weighted by molar-refractivity contribution is -0.135. The largest absolute Gasteiger partial charge is 0.347 e. The zero-order valence-electron chi connectivity index (χ0n) is 18.5. The number of rotatable bonds is 7. The van der Waals surface area contributed by atoms with E-state index in [0.717, 1.165) is 4.88 Å². The molecular weight excluding hydrogens is 466 g/mol. The van der Waals surface area contributed by atoms with Gasteiger partial charge >= 0.3 is 0 Å². The fourth-order valence-corrected chi connectivity index (χ4v) is 4.38. The van der Waals surface area contributed by atoms with Crippen molar-refractivity contribution in [3.63, 3.8) is 0 Å². The van der Waals surface area contributed by atoms with E-state index in [9.17, 15) is 19.2 Å². The van der Waals surface area contributed by atoms with Crippen molar-refractivity contribution in [2.24, 2.45) is 5.92 Å². The Hall–Kier alpha value is -4.31. The van der Waals surface area contributed by atoms with Gasteiger partial charge in [-0.2, -0.15) is 5.10 Å². The van der Waals surface area contributed by atoms with Crippen molar-refractivity contribution in [1.29, 1.82) is 0 Å². The van der Waals surface area contributed by atoms with E-state index in [0.29, 0.717) is 40.1 Å². The average Bonchev–Trinajstić information content (AvgIpc) is 3.51. The summed E-state index contributed by atoms with van der Waals surface area (Å²) in [5.41, 5.74) is 2.07. The number of anilines is 2. The normalized spacial score (nSPS) is 13.3. The molecule has 0 unspecified atom stereocenters. The van der Waals surface area contributed by atoms with Crippen LogP contribution in [0.3, 0.4) is 0 Å². The van der Waals surface area contributed by atoms with Crippen LogP contribution in [0.1, 0.15) is 38.4 Å². The van der Waals surface area contributed by atoms with Crippen LogP contribution >= 0.6 is 11.3 Å². The molecule has 2 aromatic heterocycles. The maximum Gasteiger partial charge on any atom is 0.256 e. The second-order valence-electron chi connectivity index (χ2n) is 8.26. The van der Waals surface area contributed by atoms with Crippen LogP contribution in [0.2, 0.25) is 0 Å². The van der Waals surface area contributed by atoms with Crippen molar-refractivity contribution in [2.45, 2.75) is 19.4 Å². The van der Waals surface area contributed by atoms with Crippen LogP contribution < -0.4 is 16.0 Å². The van der Waals surface area contributed by atoms with Crippen molar-refractivity contribution in [1.82, 2.24) is 15.5 Å². The lowest BCUT2D eigenvalue weighted by Crippen LogP contribution is -2.34. The first-order valence-electron chi connectivity index (χ1n) is 11.0. The van der Waals surface area contributed by atoms with Crippen molar-refractivity contribution < 1.29 is 19.2 Å². The summed E-state index contributed by atoms with van der Waals surface area (Å²) in [6.45, 7) is 0.443. The fourth-order valence-electron chi connectivity index (χ4n) is 3.74. The predicted octanol–water partition coefficient (Wildman–Crippen LogP) is 3.72. The monoisotopic (exact) mass is 487 g/mol. The van der Waals surface area contributed by atoms with Gasteiger partial charge in [-0.05, 0) is 53.9 Å². The molecule has 4 N–H and O–H groups in total. The van der Waals surface area contributed by atoms with Gasteiger partial charge in [-0.1, -0.05) is 6.07 Å². The molecule has 1 fully saturated rings. The first-order valence-corrected chi connectivity index (χ1v) is 11.9. The van der Waals surface area contributed by atoms with E-state index in [4.69, 9.17) is 0 Å². The predicted molar refractivity (Wildman–Crippen MR) is 132 cm³/mol. The van der Waals surface area contributed by atoms with Crippen LogP contribution in [-0.2, 0) is 16.1 Å². The maximum atomic E-state index is 12.8. The third-order valence-corrected chi connectivity index (χ3v) is 6.67.